The maximum Gasteiger partial charge on any atom is 0.338 e. The van der Waals surface area contributed by atoms with Crippen LogP contribution < -0.4 is 4.74 Å². The van der Waals surface area contributed by atoms with Crippen molar-refractivity contribution in [2.24, 2.45) is 11.3 Å². The lowest BCUT2D eigenvalue weighted by atomic mass is 9.41. The predicted molar refractivity (Wildman–Crippen MR) is 197 cm³/mol. The Morgan fingerprint density at radius 3 is 2.27 bits per heavy atom. The molecule has 12 rings (SSSR count). The van der Waals surface area contributed by atoms with Gasteiger partial charge in [0.05, 0.1) is 30.8 Å². The smallest absolute Gasteiger partial charge is 0.338 e. The second kappa shape index (κ2) is 15.6. The zero-order chi connectivity index (χ0) is 43.5. The molecule has 21 heteroatoms. The van der Waals surface area contributed by atoms with Crippen LogP contribution in [0, 0.1) is 11.3 Å². The van der Waals surface area contributed by atoms with Gasteiger partial charge in [-0.3, -0.25) is 0 Å². The number of aliphatic hydroxyl groups is 9. The van der Waals surface area contributed by atoms with Gasteiger partial charge in [0.25, 0.3) is 0 Å². The maximum absolute atomic E-state index is 13.1. The molecular formula is C41H50O21. The molecule has 62 heavy (non-hydrogen) atoms. The lowest BCUT2D eigenvalue weighted by molar-refractivity contribution is -0.432. The summed E-state index contributed by atoms with van der Waals surface area (Å²) < 4.78 is 66.0. The van der Waals surface area contributed by atoms with Crippen molar-refractivity contribution < 1.29 is 103 Å². The molecule has 21 nitrogen and oxygen atoms in total. The summed E-state index contributed by atoms with van der Waals surface area (Å²) in [6.07, 6.45) is -22.9. The molecule has 0 radical (unpaired) electrons. The normalized spacial score (nSPS) is 50.1. The molecule has 3 aliphatic carbocycles. The molecular weight excluding hydrogens is 828 g/mol. The summed E-state index contributed by atoms with van der Waals surface area (Å²) in [6, 6.07) is 14.8. The molecule has 7 aliphatic heterocycles. The topological polar surface area (TPSA) is 301 Å². The summed E-state index contributed by atoms with van der Waals surface area (Å²) in [4.78, 5) is 13.1. The van der Waals surface area contributed by atoms with Crippen molar-refractivity contribution in [2.75, 3.05) is 26.4 Å². The van der Waals surface area contributed by atoms with E-state index in [0.29, 0.717) is 5.56 Å². The van der Waals surface area contributed by atoms with Gasteiger partial charge in [0, 0.05) is 17.9 Å². The molecule has 7 heterocycles. The molecule has 2 aromatic rings. The summed E-state index contributed by atoms with van der Waals surface area (Å²) in [7, 11) is 0. The van der Waals surface area contributed by atoms with Gasteiger partial charge in [-0.25, -0.2) is 4.79 Å². The van der Waals surface area contributed by atoms with Crippen molar-refractivity contribution in [2.45, 2.75) is 135 Å². The van der Waals surface area contributed by atoms with Gasteiger partial charge in [0.1, 0.15) is 90.7 Å². The number of benzene rings is 2. The van der Waals surface area contributed by atoms with E-state index in [0.717, 1.165) is 0 Å². The molecule has 0 spiro atoms. The molecule has 10 fully saturated rings. The number of hydrogen-bond acceptors (Lipinski definition) is 21. The van der Waals surface area contributed by atoms with E-state index in [-0.39, 0.29) is 44.0 Å². The SMILES string of the molecule is C[C@@]12C[C@@]3(O)O[C@@H](O1)[C@]1(COC(=O)c4ccccc4)[C@H]3C[C@@]12O[C@@H]1O[C@@H]2COC(c3ccccc3O[C@@H]3O[C@H](CO[C@@H]4OC[C@@H](O)[C@H](O)[C@H]4O)[C@@H](O)[C@H](O)[C@H]3O)O[C@H]2[C@H](O)[C@H]1O. The van der Waals surface area contributed by atoms with Gasteiger partial charge in [-0.05, 0) is 31.5 Å². The number of carbonyl (C=O) groups excluding carboxylic acids is 1. The van der Waals surface area contributed by atoms with Crippen molar-refractivity contribution in [1.29, 1.82) is 0 Å². The highest BCUT2D eigenvalue weighted by Crippen LogP contribution is 2.81. The van der Waals surface area contributed by atoms with Crippen LogP contribution in [0.4, 0.5) is 0 Å². The van der Waals surface area contributed by atoms with E-state index in [2.05, 4.69) is 0 Å². The molecule has 2 aromatic carbocycles. The lowest BCUT2D eigenvalue weighted by Gasteiger charge is -2.67. The summed E-state index contributed by atoms with van der Waals surface area (Å²) in [5, 5.41) is 96.9. The number of para-hydroxylation sites is 1. The minimum Gasteiger partial charge on any atom is -0.461 e. The Labute approximate surface area is 353 Å². The standard InChI is InChI=1S/C41H50O21/c1-38-15-40(51)23-11-41(38,39(23,37(61-38)62-40)16-55-32(50)17-7-3-2-4-8-17)60-36-30(49)27(46)31-22(58-36)14-53-33(59-31)18-9-5-6-10-20(18)56-35-29(48)26(45)25(44)21(57-35)13-54-34-28(47)24(43)19(42)12-52-34/h2-10,19,21-31,33-37,42-49,51H,11-16H2,1H3/t19-,21-,22-,23-,24+,25-,26+,27-,28-,29-,30-,31-,33?,34+,35-,36+,37-,38+,39+,40-,41+/m1/s1. The highest BCUT2D eigenvalue weighted by molar-refractivity contribution is 5.89. The quantitative estimate of drug-likeness (QED) is 0.102. The fourth-order valence-electron chi connectivity index (χ4n) is 10.7. The van der Waals surface area contributed by atoms with Gasteiger partial charge in [0.15, 0.2) is 30.9 Å². The number of rotatable bonds is 11. The summed E-state index contributed by atoms with van der Waals surface area (Å²) in [5.41, 5.74) is -3.02. The third-order valence-corrected chi connectivity index (χ3v) is 14.0. The average molecular weight is 879 g/mol. The van der Waals surface area contributed by atoms with Gasteiger partial charge in [-0.15, -0.1) is 0 Å². The first-order valence-corrected chi connectivity index (χ1v) is 20.6. The Balaban J connectivity index is 0.815. The predicted octanol–water partition coefficient (Wildman–Crippen LogP) is -2.95. The third kappa shape index (κ3) is 6.41. The first-order chi connectivity index (χ1) is 29.6. The Morgan fingerprint density at radius 2 is 1.48 bits per heavy atom. The number of carbonyl (C=O) groups is 1. The van der Waals surface area contributed by atoms with Crippen LogP contribution in [0.1, 0.15) is 42.0 Å². The fraction of sp³-hybridized carbons (Fsp3) is 0.683. The van der Waals surface area contributed by atoms with Gasteiger partial charge >= 0.3 is 5.97 Å². The molecule has 7 saturated heterocycles. The van der Waals surface area contributed by atoms with Crippen LogP contribution in [0.15, 0.2) is 54.6 Å². The minimum absolute atomic E-state index is 0.0373. The van der Waals surface area contributed by atoms with Crippen molar-refractivity contribution in [3.05, 3.63) is 65.7 Å². The Bertz CT molecular complexity index is 1980. The molecule has 6 bridgehead atoms. The van der Waals surface area contributed by atoms with E-state index < -0.39 is 139 Å². The average Bonchev–Trinajstić information content (AvgIpc) is 3.46. The molecule has 1 unspecified atom stereocenters. The van der Waals surface area contributed by atoms with Crippen LogP contribution in [0.3, 0.4) is 0 Å². The van der Waals surface area contributed by atoms with E-state index in [9.17, 15) is 50.8 Å². The number of fused-ring (bicyclic) bond motifs is 1. The first-order valence-electron chi connectivity index (χ1n) is 20.6. The van der Waals surface area contributed by atoms with Gasteiger partial charge in [-0.1, -0.05) is 36.4 Å². The van der Waals surface area contributed by atoms with Crippen LogP contribution >= 0.6 is 0 Å². The molecule has 0 amide bonds. The lowest BCUT2D eigenvalue weighted by Crippen LogP contribution is -2.81. The molecule has 340 valence electrons. The summed E-state index contributed by atoms with van der Waals surface area (Å²) in [5.74, 6) is -2.62. The van der Waals surface area contributed by atoms with E-state index in [4.69, 9.17) is 52.1 Å². The van der Waals surface area contributed by atoms with Crippen molar-refractivity contribution in [1.82, 2.24) is 0 Å². The van der Waals surface area contributed by atoms with Crippen molar-refractivity contribution >= 4 is 5.97 Å². The molecule has 0 aromatic heterocycles. The third-order valence-electron chi connectivity index (χ3n) is 14.0. The van der Waals surface area contributed by atoms with Crippen LogP contribution in [0.5, 0.6) is 5.75 Å². The number of aliphatic hydroxyl groups excluding tert-OH is 8. The van der Waals surface area contributed by atoms with Crippen LogP contribution in [0.25, 0.3) is 0 Å². The van der Waals surface area contributed by atoms with Crippen molar-refractivity contribution in [3.63, 3.8) is 0 Å². The number of hydrogen-bond donors (Lipinski definition) is 9. The van der Waals surface area contributed by atoms with E-state index >= 15 is 0 Å². The molecule has 10 aliphatic rings. The Kier molecular flexibility index (Phi) is 10.8. The fourth-order valence-corrected chi connectivity index (χ4v) is 10.7. The summed E-state index contributed by atoms with van der Waals surface area (Å²) >= 11 is 0. The number of esters is 1. The molecule has 21 atom stereocenters. The van der Waals surface area contributed by atoms with Gasteiger partial charge in [0.2, 0.25) is 6.29 Å². The van der Waals surface area contributed by atoms with Gasteiger partial charge < -0.3 is 98.1 Å². The Morgan fingerprint density at radius 1 is 0.758 bits per heavy atom. The van der Waals surface area contributed by atoms with Crippen LogP contribution in [-0.2, 0) is 47.4 Å². The zero-order valence-electron chi connectivity index (χ0n) is 33.2. The van der Waals surface area contributed by atoms with Crippen LogP contribution in [0.2, 0.25) is 0 Å². The minimum atomic E-state index is -1.78. The van der Waals surface area contributed by atoms with Crippen molar-refractivity contribution in [3.8, 4) is 5.75 Å². The zero-order valence-corrected chi connectivity index (χ0v) is 33.2. The monoisotopic (exact) mass is 878 g/mol. The maximum atomic E-state index is 13.1. The van der Waals surface area contributed by atoms with Crippen LogP contribution in [-0.4, -0.2) is 188 Å². The number of ether oxygens (including phenoxy) is 11. The second-order valence-electron chi connectivity index (χ2n) is 17.5. The van der Waals surface area contributed by atoms with E-state index in [1.54, 1.807) is 55.5 Å². The summed E-state index contributed by atoms with van der Waals surface area (Å²) in [6.45, 7) is 0.537. The Hall–Kier alpha value is -3.01. The van der Waals surface area contributed by atoms with E-state index in [1.807, 2.05) is 0 Å². The highest BCUT2D eigenvalue weighted by Gasteiger charge is 2.94. The van der Waals surface area contributed by atoms with Gasteiger partial charge in [-0.2, -0.15) is 0 Å². The molecule has 3 saturated carbocycles. The van der Waals surface area contributed by atoms with E-state index in [1.165, 1.54) is 6.07 Å². The highest BCUT2D eigenvalue weighted by atomic mass is 16.8. The molecule has 9 N–H and O–H groups in total. The second-order valence-corrected chi connectivity index (χ2v) is 17.5. The first kappa shape index (κ1) is 42.9. The largest absolute Gasteiger partial charge is 0.461 e.